The molecule has 234 valence electrons. The minimum atomic E-state index is -1.10. The molecule has 0 aromatic heterocycles. The van der Waals surface area contributed by atoms with Crippen LogP contribution in [0.5, 0.6) is 0 Å². The van der Waals surface area contributed by atoms with E-state index in [9.17, 15) is 0 Å². The Labute approximate surface area is 259 Å². The van der Waals surface area contributed by atoms with E-state index in [-0.39, 0.29) is 15.8 Å². The van der Waals surface area contributed by atoms with E-state index in [1.165, 1.54) is 0 Å². The van der Waals surface area contributed by atoms with Crippen molar-refractivity contribution in [2.75, 3.05) is 12.3 Å². The standard InChI is InChI=1S/C34H72P2Si4/c1-37(2,3)31-21-13-17-27(31)35(28-18-14-22-32(28)38(4,5)6)25-26-36(29-19-15-23-33(29)39(7,8)9)30-20-16-24-34(30)40(10,11)12/h27-34H,13-26H2,1-12H3. The van der Waals surface area contributed by atoms with E-state index in [0.717, 1.165) is 44.8 Å². The minimum absolute atomic E-state index is 0.192. The molecule has 8 unspecified atom stereocenters. The van der Waals surface area contributed by atoms with Crippen molar-refractivity contribution in [3.8, 4) is 0 Å². The van der Waals surface area contributed by atoms with E-state index in [1.807, 2.05) is 0 Å². The fraction of sp³-hybridized carbons (Fsp3) is 1.00. The lowest BCUT2D eigenvalue weighted by Gasteiger charge is -2.46. The molecule has 0 bridgehead atoms. The Morgan fingerprint density at radius 3 is 0.725 bits per heavy atom. The molecule has 4 aliphatic carbocycles. The molecule has 6 heteroatoms. The highest BCUT2D eigenvalue weighted by atomic mass is 31.1. The third kappa shape index (κ3) is 7.92. The van der Waals surface area contributed by atoms with Gasteiger partial charge in [-0.15, -0.1) is 15.8 Å². The molecule has 0 aliphatic heterocycles. The zero-order valence-corrected chi connectivity index (χ0v) is 35.2. The van der Waals surface area contributed by atoms with Crippen LogP contribution in [0.25, 0.3) is 0 Å². The lowest BCUT2D eigenvalue weighted by molar-refractivity contribution is 0.786. The average molecular weight is 655 g/mol. The van der Waals surface area contributed by atoms with Gasteiger partial charge >= 0.3 is 0 Å². The first-order valence-corrected chi connectivity index (χ1v) is 35.6. The summed E-state index contributed by atoms with van der Waals surface area (Å²) in [5.74, 6) is 0. The predicted molar refractivity (Wildman–Crippen MR) is 203 cm³/mol. The van der Waals surface area contributed by atoms with Crippen molar-refractivity contribution in [3.05, 3.63) is 0 Å². The van der Waals surface area contributed by atoms with Crippen LogP contribution in [0, 0.1) is 0 Å². The molecule has 4 fully saturated rings. The van der Waals surface area contributed by atoms with E-state index in [2.05, 4.69) is 78.6 Å². The van der Waals surface area contributed by atoms with Crippen LogP contribution in [0.2, 0.25) is 101 Å². The Kier molecular flexibility index (Phi) is 11.4. The van der Waals surface area contributed by atoms with Gasteiger partial charge in [-0.25, -0.2) is 0 Å². The van der Waals surface area contributed by atoms with Gasteiger partial charge in [0.15, 0.2) is 0 Å². The molecule has 40 heavy (non-hydrogen) atoms. The van der Waals surface area contributed by atoms with Gasteiger partial charge in [-0.3, -0.25) is 0 Å². The maximum Gasteiger partial charge on any atom is 0.0480 e. The van der Waals surface area contributed by atoms with E-state index in [4.69, 9.17) is 0 Å². The van der Waals surface area contributed by atoms with Crippen LogP contribution in [0.4, 0.5) is 0 Å². The topological polar surface area (TPSA) is 0 Å². The van der Waals surface area contributed by atoms with Crippen molar-refractivity contribution < 1.29 is 0 Å². The molecule has 0 amide bonds. The second-order valence-corrected chi connectivity index (χ2v) is 46.9. The fourth-order valence-electron chi connectivity index (χ4n) is 10.8. The molecule has 0 aromatic carbocycles. The molecule has 0 radical (unpaired) electrons. The number of rotatable bonds is 11. The first-order chi connectivity index (χ1) is 18.4. The summed E-state index contributed by atoms with van der Waals surface area (Å²) in [4.78, 5) is 0. The average Bonchev–Trinajstić information content (AvgIpc) is 3.60. The predicted octanol–water partition coefficient (Wildman–Crippen LogP) is 13.0. The van der Waals surface area contributed by atoms with Gasteiger partial charge in [0.25, 0.3) is 0 Å². The summed E-state index contributed by atoms with van der Waals surface area (Å²) in [6.07, 6.45) is 22.6. The molecule has 4 rings (SSSR count). The third-order valence-electron chi connectivity index (χ3n) is 12.7. The highest BCUT2D eigenvalue weighted by Crippen LogP contribution is 2.70. The molecule has 0 aromatic rings. The van der Waals surface area contributed by atoms with Gasteiger partial charge in [0, 0.05) is 32.3 Å². The number of hydrogen-bond donors (Lipinski definition) is 0. The Balaban J connectivity index is 1.67. The Morgan fingerprint density at radius 2 is 0.550 bits per heavy atom. The van der Waals surface area contributed by atoms with Crippen LogP contribution < -0.4 is 0 Å². The molecule has 4 aliphatic rings. The van der Waals surface area contributed by atoms with Gasteiger partial charge in [0.1, 0.15) is 0 Å². The summed E-state index contributed by atoms with van der Waals surface area (Å²) >= 11 is 0. The lowest BCUT2D eigenvalue weighted by Crippen LogP contribution is -2.39. The van der Waals surface area contributed by atoms with Gasteiger partial charge in [0.2, 0.25) is 0 Å². The van der Waals surface area contributed by atoms with E-state index in [1.54, 1.807) is 89.4 Å². The van der Waals surface area contributed by atoms with Crippen molar-refractivity contribution in [2.45, 2.75) is 200 Å². The second-order valence-electron chi connectivity index (χ2n) is 19.4. The van der Waals surface area contributed by atoms with Gasteiger partial charge in [-0.1, -0.05) is 130 Å². The van der Waals surface area contributed by atoms with E-state index in [0.29, 0.717) is 0 Å². The quantitative estimate of drug-likeness (QED) is 0.154. The minimum Gasteiger partial charge on any atom is -0.100 e. The van der Waals surface area contributed by atoms with Crippen LogP contribution >= 0.6 is 15.8 Å². The van der Waals surface area contributed by atoms with Gasteiger partial charge in [0.05, 0.1) is 0 Å². The molecule has 8 atom stereocenters. The Hall–Kier alpha value is 1.73. The highest BCUT2D eigenvalue weighted by Gasteiger charge is 2.51. The Bertz CT molecular complexity index is 688. The van der Waals surface area contributed by atoms with Crippen LogP contribution in [0.15, 0.2) is 0 Å². The molecule has 0 spiro atoms. The maximum absolute atomic E-state index is 2.75. The van der Waals surface area contributed by atoms with Crippen molar-refractivity contribution in [3.63, 3.8) is 0 Å². The Morgan fingerprint density at radius 1 is 0.350 bits per heavy atom. The molecular weight excluding hydrogens is 583 g/mol. The van der Waals surface area contributed by atoms with Crippen LogP contribution in [-0.2, 0) is 0 Å². The largest absolute Gasteiger partial charge is 0.100 e. The molecule has 0 N–H and O–H groups in total. The van der Waals surface area contributed by atoms with Gasteiger partial charge < -0.3 is 0 Å². The molecular formula is C34H72P2Si4. The van der Waals surface area contributed by atoms with Crippen molar-refractivity contribution in [1.29, 1.82) is 0 Å². The molecule has 0 saturated heterocycles. The fourth-order valence-corrected chi connectivity index (χ4v) is 36.7. The summed E-state index contributed by atoms with van der Waals surface area (Å²) in [6.45, 7) is 32.9. The summed E-state index contributed by atoms with van der Waals surface area (Å²) in [6, 6.07) is 0. The lowest BCUT2D eigenvalue weighted by atomic mass is 10.3. The SMILES string of the molecule is C[Si](C)(C)C1CCCC1P(CCP(C1CCCC1[Si](C)(C)C)C1CCCC1[Si](C)(C)C)C1CCCC1[Si](C)(C)C. The zero-order valence-electron chi connectivity index (χ0n) is 29.4. The zero-order chi connectivity index (χ0) is 29.7. The van der Waals surface area contributed by atoms with Gasteiger partial charge in [-0.2, -0.15) is 0 Å². The van der Waals surface area contributed by atoms with Crippen molar-refractivity contribution in [2.24, 2.45) is 0 Å². The molecule has 0 heterocycles. The third-order valence-corrected chi connectivity index (χ3v) is 33.2. The van der Waals surface area contributed by atoms with Gasteiger partial charge in [-0.05, 0) is 82.8 Å². The first kappa shape index (κ1) is 34.6. The smallest absolute Gasteiger partial charge is 0.0480 e. The summed E-state index contributed by atoms with van der Waals surface area (Å²) in [5, 5.41) is 0. The normalized spacial score (nSPS) is 37.8. The second kappa shape index (κ2) is 13.2. The highest BCUT2D eigenvalue weighted by molar-refractivity contribution is 7.63. The van der Waals surface area contributed by atoms with Crippen molar-refractivity contribution >= 4 is 48.1 Å². The van der Waals surface area contributed by atoms with Crippen LogP contribution in [-0.4, -0.2) is 67.3 Å². The van der Waals surface area contributed by atoms with Crippen LogP contribution in [0.1, 0.15) is 77.0 Å². The van der Waals surface area contributed by atoms with Crippen LogP contribution in [0.3, 0.4) is 0 Å². The first-order valence-electron chi connectivity index (χ1n) is 17.9. The summed E-state index contributed by atoms with van der Waals surface area (Å²) in [5.41, 5.74) is 9.12. The molecule has 0 nitrogen and oxygen atoms in total. The number of hydrogen-bond acceptors (Lipinski definition) is 0. The van der Waals surface area contributed by atoms with Crippen molar-refractivity contribution in [1.82, 2.24) is 0 Å². The van der Waals surface area contributed by atoms with E-state index < -0.39 is 32.3 Å². The molecule has 4 saturated carbocycles. The summed E-state index contributed by atoms with van der Waals surface area (Å²) < 4.78 is 0. The summed E-state index contributed by atoms with van der Waals surface area (Å²) in [7, 11) is -4.03. The monoisotopic (exact) mass is 654 g/mol. The van der Waals surface area contributed by atoms with E-state index >= 15 is 0 Å². The maximum atomic E-state index is 2.75.